The van der Waals surface area contributed by atoms with Crippen molar-refractivity contribution in [2.24, 2.45) is 0 Å². The minimum Gasteiger partial charge on any atom is -0.748 e. The first-order valence-electron chi connectivity index (χ1n) is 19.9. The van der Waals surface area contributed by atoms with E-state index >= 15 is 0 Å². The number of hydrogen-bond acceptors (Lipinski definition) is 13. The van der Waals surface area contributed by atoms with Gasteiger partial charge in [-0.25, -0.2) is 8.42 Å². The monoisotopic (exact) mass is 860 g/mol. The average Bonchev–Trinajstić information content (AvgIpc) is 3.50. The number of nitrogens with one attached hydrogen (secondary N) is 2. The second kappa shape index (κ2) is 21.4. The SMILES string of the molecule is CCNOOOSc1ccc2c(c1)C(C)(C)C(C=CC=C(C=C/C=C1/N(CCCCS(=O)(=O)ONCC)c3ccc(C)cc3C1(C)C)CC)=[N+]2CCCCS(=O)(=O)[O-]. The minimum absolute atomic E-state index is 0.0569. The van der Waals surface area contributed by atoms with Crippen LogP contribution in [0.15, 0.2) is 89.0 Å². The molecule has 2 aliphatic heterocycles. The van der Waals surface area contributed by atoms with Crippen molar-refractivity contribution >= 4 is 49.4 Å². The van der Waals surface area contributed by atoms with E-state index in [1.54, 1.807) is 6.92 Å². The molecule has 2 aliphatic rings. The molecule has 2 N–H and O–H groups in total. The summed E-state index contributed by atoms with van der Waals surface area (Å²) in [5.74, 6) is -0.453. The number of anilines is 1. The lowest BCUT2D eigenvalue weighted by Gasteiger charge is -2.27. The number of hydroxylamine groups is 2. The number of aryl methyl sites for hydroxylation is 1. The van der Waals surface area contributed by atoms with E-state index in [4.69, 9.17) is 18.6 Å². The molecule has 0 atom stereocenters. The zero-order valence-corrected chi connectivity index (χ0v) is 37.4. The smallest absolute Gasteiger partial charge is 0.283 e. The normalized spacial score (nSPS) is 17.4. The second-order valence-corrected chi connectivity index (χ2v) is 19.3. The summed E-state index contributed by atoms with van der Waals surface area (Å²) in [6, 6.07) is 12.5. The van der Waals surface area contributed by atoms with Crippen LogP contribution in [0.1, 0.15) is 97.3 Å². The maximum Gasteiger partial charge on any atom is 0.283 e. The highest BCUT2D eigenvalue weighted by Crippen LogP contribution is 2.48. The maximum absolute atomic E-state index is 12.2. The maximum atomic E-state index is 12.2. The standard InChI is InChI=1S/C42H60N4O9S3/c1-9-33(18-16-20-39-41(5,6)35-30-32(4)22-24-37(35)45(39)27-13-15-29-58(50,51)53-44-11-3)19-17-21-40-42(7,8)36-31-34(56-55-54-52-43-10-2)23-25-38(36)46(40)26-12-14-28-57(47,48)49/h16-25,30-31,43-44H,9-15,26-29H2,1-8H3. The Morgan fingerprint density at radius 3 is 2.34 bits per heavy atom. The number of benzene rings is 2. The fourth-order valence-electron chi connectivity index (χ4n) is 7.23. The van der Waals surface area contributed by atoms with E-state index in [0.717, 1.165) is 57.3 Å². The minimum atomic E-state index is -4.30. The first-order valence-corrected chi connectivity index (χ1v) is 23.8. The molecular weight excluding hydrogens is 801 g/mol. The van der Waals surface area contributed by atoms with E-state index < -0.39 is 31.4 Å². The Hall–Kier alpha value is -3.16. The van der Waals surface area contributed by atoms with Gasteiger partial charge in [-0.05, 0) is 86.9 Å². The molecule has 4 rings (SSSR count). The van der Waals surface area contributed by atoms with Crippen LogP contribution in [-0.2, 0) is 49.7 Å². The first-order chi connectivity index (χ1) is 27.4. The summed E-state index contributed by atoms with van der Waals surface area (Å²) >= 11 is 1.02. The predicted molar refractivity (Wildman–Crippen MR) is 230 cm³/mol. The van der Waals surface area contributed by atoms with Crippen molar-refractivity contribution in [2.45, 2.75) is 103 Å². The third kappa shape index (κ3) is 12.9. The molecular formula is C42H60N4O9S3. The zero-order chi connectivity index (χ0) is 42.6. The van der Waals surface area contributed by atoms with E-state index in [2.05, 4.69) is 117 Å². The van der Waals surface area contributed by atoms with Gasteiger partial charge in [0.15, 0.2) is 5.71 Å². The second-order valence-electron chi connectivity index (χ2n) is 15.3. The molecule has 0 aromatic heterocycles. The summed E-state index contributed by atoms with van der Waals surface area (Å²) in [4.78, 5) is 7.85. The molecule has 16 heteroatoms. The van der Waals surface area contributed by atoms with Crippen LogP contribution < -0.4 is 15.9 Å². The molecule has 0 aliphatic carbocycles. The largest absolute Gasteiger partial charge is 0.748 e. The molecule has 320 valence electrons. The van der Waals surface area contributed by atoms with Crippen molar-refractivity contribution in [3.05, 3.63) is 101 Å². The lowest BCUT2D eigenvalue weighted by Crippen LogP contribution is -2.28. The molecule has 0 amide bonds. The van der Waals surface area contributed by atoms with Crippen molar-refractivity contribution in [2.75, 3.05) is 42.6 Å². The summed E-state index contributed by atoms with van der Waals surface area (Å²) in [5.41, 5.74) is 13.2. The van der Waals surface area contributed by atoms with Crippen LogP contribution in [0.3, 0.4) is 0 Å². The van der Waals surface area contributed by atoms with Gasteiger partial charge in [0.05, 0.1) is 33.3 Å². The Balaban J connectivity index is 1.57. The van der Waals surface area contributed by atoms with E-state index in [0.29, 0.717) is 45.4 Å². The number of fused-ring (bicyclic) bond motifs is 2. The van der Waals surface area contributed by atoms with Crippen molar-refractivity contribution in [3.63, 3.8) is 0 Å². The molecule has 58 heavy (non-hydrogen) atoms. The van der Waals surface area contributed by atoms with Crippen molar-refractivity contribution in [1.29, 1.82) is 0 Å². The molecule has 2 aromatic carbocycles. The lowest BCUT2D eigenvalue weighted by atomic mass is 9.81. The Morgan fingerprint density at radius 1 is 0.897 bits per heavy atom. The molecule has 2 aromatic rings. The lowest BCUT2D eigenvalue weighted by molar-refractivity contribution is -0.486. The van der Waals surface area contributed by atoms with Crippen LogP contribution in [-0.4, -0.2) is 69.4 Å². The van der Waals surface area contributed by atoms with Gasteiger partial charge in [-0.15, -0.1) is 9.32 Å². The average molecular weight is 861 g/mol. The molecule has 0 unspecified atom stereocenters. The van der Waals surface area contributed by atoms with Crippen molar-refractivity contribution < 1.29 is 44.6 Å². The molecule has 0 bridgehead atoms. The predicted octanol–water partition coefficient (Wildman–Crippen LogP) is 7.89. The third-order valence-corrected chi connectivity index (χ3v) is 12.7. The fraction of sp³-hybridized carbons (Fsp3) is 0.500. The Labute approximate surface area is 350 Å². The highest BCUT2D eigenvalue weighted by Gasteiger charge is 2.44. The molecule has 0 radical (unpaired) electrons. The third-order valence-electron chi connectivity index (χ3n) is 10.2. The van der Waals surface area contributed by atoms with Crippen LogP contribution in [0.25, 0.3) is 0 Å². The summed E-state index contributed by atoms with van der Waals surface area (Å²) in [6.45, 7) is 18.8. The molecule has 0 fully saturated rings. The van der Waals surface area contributed by atoms with Gasteiger partial charge in [-0.2, -0.15) is 28.2 Å². The number of rotatable bonds is 24. The van der Waals surface area contributed by atoms with Crippen LogP contribution in [0.2, 0.25) is 0 Å². The first kappa shape index (κ1) is 47.5. The Kier molecular flexibility index (Phi) is 17.5. The van der Waals surface area contributed by atoms with Gasteiger partial charge in [-0.1, -0.05) is 76.6 Å². The number of nitrogens with zero attached hydrogens (tertiary/aromatic N) is 2. The topological polar surface area (TPSA) is 159 Å². The summed E-state index contributed by atoms with van der Waals surface area (Å²) < 4.78 is 70.6. The molecule has 0 saturated heterocycles. The van der Waals surface area contributed by atoms with Crippen molar-refractivity contribution in [1.82, 2.24) is 11.0 Å². The Morgan fingerprint density at radius 2 is 1.64 bits per heavy atom. The quantitative estimate of drug-likeness (QED) is 0.0200. The van der Waals surface area contributed by atoms with Crippen LogP contribution in [0.4, 0.5) is 11.4 Å². The van der Waals surface area contributed by atoms with Gasteiger partial charge < -0.3 is 9.45 Å². The molecule has 2 heterocycles. The van der Waals surface area contributed by atoms with Gasteiger partial charge in [0.1, 0.15) is 6.54 Å². The van der Waals surface area contributed by atoms with Gasteiger partial charge in [-0.3, -0.25) is 0 Å². The van der Waals surface area contributed by atoms with Crippen molar-refractivity contribution in [3.8, 4) is 0 Å². The number of unbranched alkanes of at least 4 members (excludes halogenated alkanes) is 2. The van der Waals surface area contributed by atoms with Gasteiger partial charge >= 0.3 is 0 Å². The zero-order valence-electron chi connectivity index (χ0n) is 35.0. The highest BCUT2D eigenvalue weighted by molar-refractivity contribution is 7.94. The summed E-state index contributed by atoms with van der Waals surface area (Å²) in [5, 5.41) is 4.71. The van der Waals surface area contributed by atoms with E-state index in [-0.39, 0.29) is 17.6 Å². The van der Waals surface area contributed by atoms with Crippen LogP contribution in [0, 0.1) is 6.92 Å². The molecule has 13 nitrogen and oxygen atoms in total. The van der Waals surface area contributed by atoms with Crippen LogP contribution >= 0.6 is 12.0 Å². The van der Waals surface area contributed by atoms with Gasteiger partial charge in [0.2, 0.25) is 5.69 Å². The number of allylic oxidation sites excluding steroid dienone is 8. The van der Waals surface area contributed by atoms with E-state index in [1.807, 2.05) is 25.1 Å². The summed E-state index contributed by atoms with van der Waals surface area (Å²) in [7, 11) is -7.94. The van der Waals surface area contributed by atoms with E-state index in [9.17, 15) is 21.4 Å². The van der Waals surface area contributed by atoms with Gasteiger partial charge in [0, 0.05) is 71.2 Å². The summed E-state index contributed by atoms with van der Waals surface area (Å²) in [6.07, 6.45) is 15.4. The van der Waals surface area contributed by atoms with Crippen LogP contribution in [0.5, 0.6) is 0 Å². The molecule has 0 spiro atoms. The number of hydrogen-bond donors (Lipinski definition) is 2. The molecule has 0 saturated carbocycles. The van der Waals surface area contributed by atoms with E-state index in [1.165, 1.54) is 11.1 Å². The fourth-order valence-corrected chi connectivity index (χ4v) is 9.15. The highest BCUT2D eigenvalue weighted by atomic mass is 32.2. The Bertz CT molecular complexity index is 2110. The van der Waals surface area contributed by atoms with Gasteiger partial charge in [0.25, 0.3) is 10.1 Å².